The van der Waals surface area contributed by atoms with Gasteiger partial charge in [-0.25, -0.2) is 13.4 Å². The molecule has 0 aromatic carbocycles. The smallest absolute Gasteiger partial charge is 0.195 e. The largest absolute Gasteiger partial charge is 0.226 e. The van der Waals surface area contributed by atoms with E-state index in [2.05, 4.69) is 4.98 Å². The number of aromatic nitrogens is 1. The highest BCUT2D eigenvalue weighted by atomic mass is 35.5. The Bertz CT molecular complexity index is 508. The van der Waals surface area contributed by atoms with Crippen LogP contribution in [-0.4, -0.2) is 25.0 Å². The van der Waals surface area contributed by atoms with Gasteiger partial charge in [0.05, 0.1) is 5.75 Å². The lowest BCUT2D eigenvalue weighted by Gasteiger charge is -2.07. The third kappa shape index (κ3) is 3.19. The third-order valence-electron chi connectivity index (χ3n) is 1.92. The van der Waals surface area contributed by atoms with Crippen molar-refractivity contribution in [1.29, 1.82) is 5.26 Å². The van der Waals surface area contributed by atoms with E-state index in [1.54, 1.807) is 13.0 Å². The molecule has 0 fully saturated rings. The monoisotopic (exact) mass is 258 g/mol. The second-order valence-corrected chi connectivity index (χ2v) is 5.80. The van der Waals surface area contributed by atoms with Gasteiger partial charge < -0.3 is 0 Å². The molecule has 1 aromatic rings. The molecule has 0 spiro atoms. The molecule has 0 aliphatic carbocycles. The second kappa shape index (κ2) is 5.28. The molecule has 1 aromatic heterocycles. The summed E-state index contributed by atoms with van der Waals surface area (Å²) in [5, 5.41) is 8.56. The van der Waals surface area contributed by atoms with Gasteiger partial charge >= 0.3 is 0 Å². The lowest BCUT2D eigenvalue weighted by molar-refractivity contribution is 0.579. The molecular weight excluding hydrogens is 248 g/mol. The van der Waals surface area contributed by atoms with Crippen molar-refractivity contribution in [2.75, 3.05) is 11.6 Å². The topological polar surface area (TPSA) is 70.8 Å². The van der Waals surface area contributed by atoms with Crippen molar-refractivity contribution in [2.45, 2.75) is 11.9 Å². The first-order chi connectivity index (χ1) is 7.49. The summed E-state index contributed by atoms with van der Waals surface area (Å²) >= 11 is 5.57. The highest BCUT2D eigenvalue weighted by molar-refractivity contribution is 7.91. The van der Waals surface area contributed by atoms with Crippen molar-refractivity contribution in [3.63, 3.8) is 0 Å². The number of hydrogen-bond donors (Lipinski definition) is 0. The first kappa shape index (κ1) is 12.9. The van der Waals surface area contributed by atoms with Crippen molar-refractivity contribution < 1.29 is 8.42 Å². The van der Waals surface area contributed by atoms with Crippen LogP contribution in [0.15, 0.2) is 23.2 Å². The Hall–Kier alpha value is -1.12. The Morgan fingerprint density at radius 2 is 2.25 bits per heavy atom. The lowest BCUT2D eigenvalue weighted by Crippen LogP contribution is -2.16. The molecule has 4 nitrogen and oxygen atoms in total. The summed E-state index contributed by atoms with van der Waals surface area (Å²) in [5.41, 5.74) is 0.0969. The fraction of sp³-hybridized carbons (Fsp3) is 0.400. The number of alkyl halides is 1. The normalized spacial score (nSPS) is 13.1. The number of halogens is 1. The maximum absolute atomic E-state index is 11.8. The van der Waals surface area contributed by atoms with Gasteiger partial charge in [-0.2, -0.15) is 5.26 Å². The van der Waals surface area contributed by atoms with E-state index in [1.807, 2.05) is 0 Å². The van der Waals surface area contributed by atoms with Crippen LogP contribution in [0.4, 0.5) is 0 Å². The molecule has 6 heteroatoms. The molecular formula is C10H11ClN2O2S. The molecule has 1 atom stereocenters. The Morgan fingerprint density at radius 1 is 1.56 bits per heavy atom. The van der Waals surface area contributed by atoms with Crippen LogP contribution in [0.2, 0.25) is 0 Å². The number of sulfone groups is 1. The Kier molecular flexibility index (Phi) is 4.27. The zero-order valence-corrected chi connectivity index (χ0v) is 10.3. The number of pyridine rings is 1. The maximum atomic E-state index is 11.8. The van der Waals surface area contributed by atoms with Crippen LogP contribution in [0.1, 0.15) is 12.6 Å². The number of rotatable bonds is 4. The highest BCUT2D eigenvalue weighted by Crippen LogP contribution is 2.13. The average Bonchev–Trinajstić information content (AvgIpc) is 2.28. The van der Waals surface area contributed by atoms with Crippen LogP contribution in [-0.2, 0) is 9.84 Å². The second-order valence-electron chi connectivity index (χ2n) is 3.51. The van der Waals surface area contributed by atoms with E-state index in [0.717, 1.165) is 0 Å². The fourth-order valence-electron chi connectivity index (χ4n) is 1.15. The summed E-state index contributed by atoms with van der Waals surface area (Å²) in [7, 11) is -3.45. The van der Waals surface area contributed by atoms with E-state index in [0.29, 0.717) is 0 Å². The molecule has 0 bridgehead atoms. The van der Waals surface area contributed by atoms with Crippen LogP contribution < -0.4 is 0 Å². The zero-order valence-electron chi connectivity index (χ0n) is 8.72. The average molecular weight is 259 g/mol. The summed E-state index contributed by atoms with van der Waals surface area (Å²) in [6, 6.07) is 6.16. The summed E-state index contributed by atoms with van der Waals surface area (Å²) in [5.74, 6) is 0.0782. The lowest BCUT2D eigenvalue weighted by atomic mass is 10.3. The van der Waals surface area contributed by atoms with Gasteiger partial charge in [0.1, 0.15) is 11.8 Å². The Labute approximate surface area is 99.8 Å². The molecule has 0 aliphatic rings. The predicted octanol–water partition coefficient (Wildman–Crippen LogP) is 1.60. The SMILES string of the molecule is CC(CCl)CS(=O)(=O)c1cccc(C#N)n1. The first-order valence-corrected chi connectivity index (χ1v) is 6.84. The van der Waals surface area contributed by atoms with Crippen LogP contribution in [0.5, 0.6) is 0 Å². The summed E-state index contributed by atoms with van der Waals surface area (Å²) in [6.07, 6.45) is 0. The van der Waals surface area contributed by atoms with E-state index in [1.165, 1.54) is 18.2 Å². The molecule has 0 N–H and O–H groups in total. The molecule has 1 heterocycles. The van der Waals surface area contributed by atoms with Gasteiger partial charge in [0, 0.05) is 5.88 Å². The summed E-state index contributed by atoms with van der Waals surface area (Å²) in [6.45, 7) is 1.75. The molecule has 16 heavy (non-hydrogen) atoms. The van der Waals surface area contributed by atoms with Crippen molar-refractivity contribution in [1.82, 2.24) is 4.98 Å². The van der Waals surface area contributed by atoms with Crippen LogP contribution in [0, 0.1) is 17.2 Å². The minimum Gasteiger partial charge on any atom is -0.226 e. The summed E-state index contributed by atoms with van der Waals surface area (Å²) in [4.78, 5) is 3.76. The van der Waals surface area contributed by atoms with Crippen molar-refractivity contribution in [2.24, 2.45) is 5.92 Å². The van der Waals surface area contributed by atoms with Crippen LogP contribution in [0.25, 0.3) is 0 Å². The maximum Gasteiger partial charge on any atom is 0.195 e. The van der Waals surface area contributed by atoms with E-state index >= 15 is 0 Å². The highest BCUT2D eigenvalue weighted by Gasteiger charge is 2.19. The third-order valence-corrected chi connectivity index (χ3v) is 4.32. The Balaban J connectivity index is 3.04. The molecule has 0 saturated carbocycles. The molecule has 0 aliphatic heterocycles. The van der Waals surface area contributed by atoms with Gasteiger partial charge in [0.25, 0.3) is 0 Å². The van der Waals surface area contributed by atoms with E-state index in [9.17, 15) is 8.42 Å². The van der Waals surface area contributed by atoms with Gasteiger partial charge in [-0.3, -0.25) is 0 Å². The quantitative estimate of drug-likeness (QED) is 0.769. The van der Waals surface area contributed by atoms with Gasteiger partial charge in [0.15, 0.2) is 14.9 Å². The molecule has 1 unspecified atom stereocenters. The number of nitrogens with zero attached hydrogens (tertiary/aromatic N) is 2. The number of nitriles is 1. The standard InChI is InChI=1S/C10H11ClN2O2S/c1-8(5-11)7-16(14,15)10-4-2-3-9(6-12)13-10/h2-4,8H,5,7H2,1H3. The first-order valence-electron chi connectivity index (χ1n) is 4.65. The fourth-order valence-corrected chi connectivity index (χ4v) is 2.95. The van der Waals surface area contributed by atoms with E-state index in [4.69, 9.17) is 16.9 Å². The van der Waals surface area contributed by atoms with Gasteiger partial charge in [-0.1, -0.05) is 13.0 Å². The minimum absolute atomic E-state index is 0.0572. The van der Waals surface area contributed by atoms with E-state index < -0.39 is 9.84 Å². The van der Waals surface area contributed by atoms with Gasteiger partial charge in [-0.05, 0) is 18.1 Å². The predicted molar refractivity (Wildman–Crippen MR) is 60.9 cm³/mol. The van der Waals surface area contributed by atoms with Crippen molar-refractivity contribution >= 4 is 21.4 Å². The van der Waals surface area contributed by atoms with Crippen molar-refractivity contribution in [3.05, 3.63) is 23.9 Å². The molecule has 0 radical (unpaired) electrons. The molecule has 0 amide bonds. The molecule has 1 rings (SSSR count). The van der Waals surface area contributed by atoms with Gasteiger partial charge in [-0.15, -0.1) is 11.6 Å². The summed E-state index contributed by atoms with van der Waals surface area (Å²) < 4.78 is 23.7. The number of hydrogen-bond acceptors (Lipinski definition) is 4. The van der Waals surface area contributed by atoms with Crippen molar-refractivity contribution in [3.8, 4) is 6.07 Å². The van der Waals surface area contributed by atoms with Crippen LogP contribution >= 0.6 is 11.6 Å². The van der Waals surface area contributed by atoms with E-state index in [-0.39, 0.29) is 28.3 Å². The zero-order chi connectivity index (χ0) is 12.2. The minimum atomic E-state index is -3.45. The Morgan fingerprint density at radius 3 is 2.81 bits per heavy atom. The molecule has 86 valence electrons. The van der Waals surface area contributed by atoms with Crippen LogP contribution in [0.3, 0.4) is 0 Å². The van der Waals surface area contributed by atoms with Gasteiger partial charge in [0.2, 0.25) is 0 Å². The molecule has 0 saturated heterocycles.